The maximum absolute atomic E-state index is 13.3. The largest absolute Gasteiger partial charge is 0.462 e. The lowest BCUT2D eigenvalue weighted by atomic mass is 9.51. The lowest BCUT2D eigenvalue weighted by Gasteiger charge is -2.53. The molecule has 0 amide bonds. The van der Waals surface area contributed by atoms with Crippen molar-refractivity contribution in [2.45, 2.75) is 77.6 Å². The second-order valence-corrected chi connectivity index (χ2v) is 9.75. The summed E-state index contributed by atoms with van der Waals surface area (Å²) >= 11 is 0. The molecule has 3 aliphatic carbocycles. The van der Waals surface area contributed by atoms with Crippen LogP contribution in [-0.2, 0) is 28.7 Å². The van der Waals surface area contributed by atoms with Crippen LogP contribution in [0.25, 0.3) is 0 Å². The number of fused-ring (bicyclic) bond motifs is 1. The van der Waals surface area contributed by atoms with Gasteiger partial charge in [-0.2, -0.15) is 0 Å². The maximum Gasteiger partial charge on any atom is 0.302 e. The Balaban J connectivity index is 1.75. The summed E-state index contributed by atoms with van der Waals surface area (Å²) in [5, 5.41) is 0. The maximum atomic E-state index is 13.3. The number of rotatable bonds is 1. The molecule has 4 fully saturated rings. The van der Waals surface area contributed by atoms with Crippen molar-refractivity contribution >= 4 is 23.3 Å². The molecule has 0 N–H and O–H groups in total. The smallest absolute Gasteiger partial charge is 0.302 e. The van der Waals surface area contributed by atoms with E-state index in [0.29, 0.717) is 31.3 Å². The van der Waals surface area contributed by atoms with Crippen molar-refractivity contribution in [2.24, 2.45) is 22.7 Å². The van der Waals surface area contributed by atoms with Gasteiger partial charge in [-0.05, 0) is 30.8 Å². The summed E-state index contributed by atoms with van der Waals surface area (Å²) in [4.78, 5) is 51.0. The molecule has 0 aromatic heterocycles. The van der Waals surface area contributed by atoms with Gasteiger partial charge in [0.2, 0.25) is 11.4 Å². The van der Waals surface area contributed by atoms with Crippen LogP contribution in [0, 0.1) is 22.7 Å². The van der Waals surface area contributed by atoms with Crippen LogP contribution in [-0.4, -0.2) is 41.1 Å². The van der Waals surface area contributed by atoms with Crippen LogP contribution in [0.5, 0.6) is 0 Å². The van der Waals surface area contributed by atoms with Gasteiger partial charge in [0.1, 0.15) is 18.0 Å². The Bertz CT molecular complexity index is 810. The van der Waals surface area contributed by atoms with Gasteiger partial charge in [-0.1, -0.05) is 27.4 Å². The molecule has 1 aliphatic heterocycles. The highest BCUT2D eigenvalue weighted by Crippen LogP contribution is 2.60. The van der Waals surface area contributed by atoms with Gasteiger partial charge in [0.05, 0.1) is 0 Å². The van der Waals surface area contributed by atoms with Crippen molar-refractivity contribution in [2.75, 3.05) is 0 Å². The zero-order valence-corrected chi connectivity index (χ0v) is 17.0. The average Bonchev–Trinajstić information content (AvgIpc) is 3.31. The minimum Gasteiger partial charge on any atom is -0.462 e. The molecule has 0 radical (unpaired) electrons. The molecule has 4 rings (SSSR count). The Morgan fingerprint density at radius 3 is 2.46 bits per heavy atom. The molecular weight excluding hydrogens is 360 g/mol. The second-order valence-electron chi connectivity index (χ2n) is 9.75. The van der Waals surface area contributed by atoms with E-state index in [0.717, 1.165) is 0 Å². The summed E-state index contributed by atoms with van der Waals surface area (Å²) in [6.45, 7) is 11.1. The van der Waals surface area contributed by atoms with Gasteiger partial charge in [-0.3, -0.25) is 19.2 Å². The van der Waals surface area contributed by atoms with E-state index < -0.39 is 22.5 Å². The van der Waals surface area contributed by atoms with Gasteiger partial charge >= 0.3 is 5.97 Å². The molecule has 28 heavy (non-hydrogen) atoms. The van der Waals surface area contributed by atoms with E-state index in [1.54, 1.807) is 0 Å². The summed E-state index contributed by atoms with van der Waals surface area (Å²) in [7, 11) is 0. The first kappa shape index (κ1) is 19.5. The fourth-order valence-electron chi connectivity index (χ4n) is 6.15. The number of hydrogen-bond donors (Lipinski definition) is 0. The molecule has 6 heteroatoms. The molecule has 1 heterocycles. The molecule has 6 nitrogen and oxygen atoms in total. The highest BCUT2D eigenvalue weighted by Gasteiger charge is 2.76. The summed E-state index contributed by atoms with van der Waals surface area (Å²) in [6.07, 6.45) is 1.19. The fraction of sp³-hybridized carbons (Fsp3) is 0.727. The van der Waals surface area contributed by atoms with Crippen LogP contribution < -0.4 is 0 Å². The lowest BCUT2D eigenvalue weighted by molar-refractivity contribution is -0.172. The van der Waals surface area contributed by atoms with Gasteiger partial charge in [-0.15, -0.1) is 0 Å². The number of hydrogen-bond acceptors (Lipinski definition) is 6. The van der Waals surface area contributed by atoms with Gasteiger partial charge < -0.3 is 9.47 Å². The Kier molecular flexibility index (Phi) is 4.07. The standard InChI is InChI=1S/C22H28O6/c1-11-13-6-7-15(24)21(5)9-8-17(27-12(2)23)20(3,4)14(21)10-16(25)22(18(11)26)19(13)28-22/h13-14,17,19H,1,6-10H2,2-5H3/t13-,14+,17+,19-,21-,22+/m0/s1. The van der Waals surface area contributed by atoms with Crippen molar-refractivity contribution in [1.82, 2.24) is 0 Å². The number of ether oxygens (including phenoxy) is 2. The number of epoxide rings is 1. The predicted octanol–water partition coefficient (Wildman–Crippen LogP) is 2.58. The van der Waals surface area contributed by atoms with Crippen LogP contribution >= 0.6 is 0 Å². The Hall–Kier alpha value is -1.82. The molecule has 3 saturated carbocycles. The lowest BCUT2D eigenvalue weighted by Crippen LogP contribution is -2.55. The Morgan fingerprint density at radius 2 is 1.82 bits per heavy atom. The minimum absolute atomic E-state index is 0.0647. The molecule has 0 aromatic rings. The van der Waals surface area contributed by atoms with Gasteiger partial charge in [0.25, 0.3) is 0 Å². The molecule has 6 atom stereocenters. The quantitative estimate of drug-likeness (QED) is 0.297. The molecule has 0 unspecified atom stereocenters. The second kappa shape index (κ2) is 5.85. The van der Waals surface area contributed by atoms with Crippen LogP contribution in [0.2, 0.25) is 0 Å². The first-order valence-electron chi connectivity index (χ1n) is 10.1. The molecule has 152 valence electrons. The molecule has 0 spiro atoms. The van der Waals surface area contributed by atoms with Crippen molar-refractivity contribution < 1.29 is 28.7 Å². The highest BCUT2D eigenvalue weighted by molar-refractivity contribution is 6.23. The van der Waals surface area contributed by atoms with Crippen LogP contribution in [0.1, 0.15) is 59.8 Å². The van der Waals surface area contributed by atoms with E-state index in [1.165, 1.54) is 6.92 Å². The van der Waals surface area contributed by atoms with E-state index in [2.05, 4.69) is 6.58 Å². The number of carbonyl (C=O) groups is 4. The van der Waals surface area contributed by atoms with E-state index in [4.69, 9.17) is 9.47 Å². The third-order valence-electron chi connectivity index (χ3n) is 7.95. The van der Waals surface area contributed by atoms with Crippen LogP contribution in [0.4, 0.5) is 0 Å². The van der Waals surface area contributed by atoms with E-state index in [1.807, 2.05) is 20.8 Å². The van der Waals surface area contributed by atoms with E-state index in [-0.39, 0.29) is 47.7 Å². The van der Waals surface area contributed by atoms with Crippen LogP contribution in [0.3, 0.4) is 0 Å². The monoisotopic (exact) mass is 388 g/mol. The van der Waals surface area contributed by atoms with Crippen molar-refractivity contribution in [3.8, 4) is 0 Å². The number of carbonyl (C=O) groups excluding carboxylic acids is 4. The average molecular weight is 388 g/mol. The van der Waals surface area contributed by atoms with E-state index in [9.17, 15) is 19.2 Å². The summed E-state index contributed by atoms with van der Waals surface area (Å²) < 4.78 is 11.2. The van der Waals surface area contributed by atoms with Crippen molar-refractivity contribution in [3.05, 3.63) is 12.2 Å². The summed E-state index contributed by atoms with van der Waals surface area (Å²) in [5.41, 5.74) is -2.24. The first-order valence-corrected chi connectivity index (χ1v) is 10.1. The van der Waals surface area contributed by atoms with Gasteiger partial charge in [-0.25, -0.2) is 0 Å². The summed E-state index contributed by atoms with van der Waals surface area (Å²) in [5.74, 6) is -1.41. The third kappa shape index (κ3) is 2.36. The molecule has 1 saturated heterocycles. The first-order chi connectivity index (χ1) is 13.0. The predicted molar refractivity (Wildman–Crippen MR) is 99.3 cm³/mol. The fourth-order valence-corrected chi connectivity index (χ4v) is 6.15. The molecule has 2 bridgehead atoms. The van der Waals surface area contributed by atoms with Crippen molar-refractivity contribution in [1.29, 1.82) is 0 Å². The normalized spacial score (nSPS) is 44.6. The number of esters is 1. The van der Waals surface area contributed by atoms with Crippen LogP contribution in [0.15, 0.2) is 12.2 Å². The number of ketones is 3. The van der Waals surface area contributed by atoms with Crippen molar-refractivity contribution in [3.63, 3.8) is 0 Å². The zero-order valence-electron chi connectivity index (χ0n) is 17.0. The Labute approximate surface area is 165 Å². The SMILES string of the molecule is C=C1C(=O)[C@@]23O[C@H]2[C@H]1CCC(=O)[C@@]1(C)CC[C@@H](OC(C)=O)C(C)(C)[C@H]1CC3=O. The van der Waals surface area contributed by atoms with Gasteiger partial charge in [0, 0.05) is 36.5 Å². The Morgan fingerprint density at radius 1 is 1.14 bits per heavy atom. The molecular formula is C22H28O6. The highest BCUT2D eigenvalue weighted by atomic mass is 16.6. The minimum atomic E-state index is -1.38. The third-order valence-corrected chi connectivity index (χ3v) is 7.95. The topological polar surface area (TPSA) is 90.0 Å². The molecule has 0 aromatic carbocycles. The summed E-state index contributed by atoms with van der Waals surface area (Å²) in [6, 6.07) is 0. The van der Waals surface area contributed by atoms with Gasteiger partial charge in [0.15, 0.2) is 5.78 Å². The molecule has 4 aliphatic rings. The zero-order chi connectivity index (χ0) is 20.6. The van der Waals surface area contributed by atoms with E-state index >= 15 is 0 Å². The number of Topliss-reactive ketones (excluding diaryl/α,β-unsaturated/α-hetero) is 3.